The summed E-state index contributed by atoms with van der Waals surface area (Å²) in [6, 6.07) is 0.282. The Kier molecular flexibility index (Phi) is 4.86. The van der Waals surface area contributed by atoms with Crippen LogP contribution in [0.4, 0.5) is 10.9 Å². The Balaban J connectivity index is 2.04. The van der Waals surface area contributed by atoms with E-state index in [0.29, 0.717) is 16.6 Å². The van der Waals surface area contributed by atoms with Crippen molar-refractivity contribution in [1.82, 2.24) is 9.88 Å². The van der Waals surface area contributed by atoms with Crippen LogP contribution in [0, 0.1) is 5.92 Å². The predicted octanol–water partition coefficient (Wildman–Crippen LogP) is 2.81. The Labute approximate surface area is 124 Å². The van der Waals surface area contributed by atoms with Gasteiger partial charge in [0.05, 0.1) is 0 Å². The van der Waals surface area contributed by atoms with Gasteiger partial charge in [-0.05, 0) is 32.6 Å². The van der Waals surface area contributed by atoms with Gasteiger partial charge in [-0.3, -0.25) is 4.79 Å². The molecule has 1 aliphatic rings. The number of anilines is 2. The minimum Gasteiger partial charge on any atom is -0.382 e. The van der Waals surface area contributed by atoms with Crippen molar-refractivity contribution in [1.29, 1.82) is 0 Å². The highest BCUT2D eigenvalue weighted by Crippen LogP contribution is 2.29. The van der Waals surface area contributed by atoms with Gasteiger partial charge in [-0.1, -0.05) is 24.7 Å². The van der Waals surface area contributed by atoms with E-state index < -0.39 is 0 Å². The minimum absolute atomic E-state index is 0.0374. The standard InChI is InChI=1S/C14H24N4OS/c1-4-5-10-6-7-18(8-10)13(19)11-12(15)17-14(20-11)16-9(2)3/h9-10H,4-8,15H2,1-3H3,(H,16,17). The smallest absolute Gasteiger partial charge is 0.267 e. The van der Waals surface area contributed by atoms with Crippen molar-refractivity contribution in [2.45, 2.75) is 46.1 Å². The van der Waals surface area contributed by atoms with Crippen molar-refractivity contribution in [2.24, 2.45) is 5.92 Å². The van der Waals surface area contributed by atoms with E-state index in [1.54, 1.807) is 0 Å². The molecule has 1 amide bonds. The van der Waals surface area contributed by atoms with E-state index in [2.05, 4.69) is 17.2 Å². The molecule has 20 heavy (non-hydrogen) atoms. The maximum atomic E-state index is 12.5. The number of carbonyl (C=O) groups is 1. The van der Waals surface area contributed by atoms with Crippen LogP contribution in [0.15, 0.2) is 0 Å². The molecule has 112 valence electrons. The highest BCUT2D eigenvalue weighted by molar-refractivity contribution is 7.18. The molecule has 5 nitrogen and oxygen atoms in total. The maximum absolute atomic E-state index is 12.5. The van der Waals surface area contributed by atoms with Gasteiger partial charge in [0.1, 0.15) is 10.7 Å². The monoisotopic (exact) mass is 296 g/mol. The first-order chi connectivity index (χ1) is 9.51. The molecule has 0 bridgehead atoms. The molecule has 6 heteroatoms. The zero-order chi connectivity index (χ0) is 14.7. The van der Waals surface area contributed by atoms with Crippen molar-refractivity contribution in [3.63, 3.8) is 0 Å². The molecule has 0 saturated carbocycles. The van der Waals surface area contributed by atoms with Crippen molar-refractivity contribution < 1.29 is 4.79 Å². The second kappa shape index (κ2) is 6.43. The molecule has 1 saturated heterocycles. The molecule has 0 radical (unpaired) electrons. The van der Waals surface area contributed by atoms with Crippen LogP contribution in [0.2, 0.25) is 0 Å². The second-order valence-electron chi connectivity index (χ2n) is 5.73. The van der Waals surface area contributed by atoms with E-state index >= 15 is 0 Å². The lowest BCUT2D eigenvalue weighted by Gasteiger charge is -2.15. The lowest BCUT2D eigenvalue weighted by molar-refractivity contribution is 0.0792. The number of aromatic nitrogens is 1. The first-order valence-electron chi connectivity index (χ1n) is 7.33. The Morgan fingerprint density at radius 3 is 3.00 bits per heavy atom. The topological polar surface area (TPSA) is 71.2 Å². The number of carbonyl (C=O) groups excluding carboxylic acids is 1. The quantitative estimate of drug-likeness (QED) is 0.876. The summed E-state index contributed by atoms with van der Waals surface area (Å²) >= 11 is 1.36. The Morgan fingerprint density at radius 2 is 2.35 bits per heavy atom. The van der Waals surface area contributed by atoms with Crippen molar-refractivity contribution in [3.05, 3.63) is 4.88 Å². The van der Waals surface area contributed by atoms with Gasteiger partial charge in [-0.2, -0.15) is 0 Å². The van der Waals surface area contributed by atoms with Gasteiger partial charge in [0.15, 0.2) is 5.13 Å². The lowest BCUT2D eigenvalue weighted by atomic mass is 10.0. The van der Waals surface area contributed by atoms with Gasteiger partial charge in [0, 0.05) is 19.1 Å². The van der Waals surface area contributed by atoms with Crippen LogP contribution >= 0.6 is 11.3 Å². The molecule has 0 spiro atoms. The van der Waals surface area contributed by atoms with Crippen molar-refractivity contribution in [3.8, 4) is 0 Å². The first-order valence-corrected chi connectivity index (χ1v) is 8.15. The molecule has 0 aromatic carbocycles. The predicted molar refractivity (Wildman–Crippen MR) is 84.2 cm³/mol. The van der Waals surface area contributed by atoms with Gasteiger partial charge in [0.2, 0.25) is 0 Å². The summed E-state index contributed by atoms with van der Waals surface area (Å²) in [7, 11) is 0. The number of amides is 1. The van der Waals surface area contributed by atoms with Gasteiger partial charge >= 0.3 is 0 Å². The number of nitrogens with one attached hydrogen (secondary N) is 1. The summed E-state index contributed by atoms with van der Waals surface area (Å²) in [5.74, 6) is 1.03. The SMILES string of the molecule is CCCC1CCN(C(=O)c2sc(NC(C)C)nc2N)C1. The van der Waals surface area contributed by atoms with Crippen molar-refractivity contribution in [2.75, 3.05) is 24.1 Å². The van der Waals surface area contributed by atoms with Crippen LogP contribution < -0.4 is 11.1 Å². The molecule has 1 fully saturated rings. The molecule has 2 rings (SSSR count). The van der Waals surface area contributed by atoms with Crippen LogP contribution in [0.5, 0.6) is 0 Å². The number of likely N-dealkylation sites (tertiary alicyclic amines) is 1. The molecule has 3 N–H and O–H groups in total. The zero-order valence-electron chi connectivity index (χ0n) is 12.5. The zero-order valence-corrected chi connectivity index (χ0v) is 13.3. The average Bonchev–Trinajstić information content (AvgIpc) is 2.95. The van der Waals surface area contributed by atoms with E-state index in [1.165, 1.54) is 24.2 Å². The van der Waals surface area contributed by atoms with Gasteiger partial charge < -0.3 is 16.0 Å². The van der Waals surface area contributed by atoms with Crippen LogP contribution in [0.3, 0.4) is 0 Å². The average molecular weight is 296 g/mol. The molecule has 2 heterocycles. The number of rotatable bonds is 5. The van der Waals surface area contributed by atoms with Crippen molar-refractivity contribution >= 4 is 28.2 Å². The molecular formula is C14H24N4OS. The van der Waals surface area contributed by atoms with E-state index in [9.17, 15) is 4.79 Å². The van der Waals surface area contributed by atoms with Gasteiger partial charge in [-0.25, -0.2) is 4.98 Å². The molecular weight excluding hydrogens is 272 g/mol. The van der Waals surface area contributed by atoms with E-state index in [0.717, 1.165) is 24.6 Å². The minimum atomic E-state index is 0.0374. The van der Waals surface area contributed by atoms with Gasteiger partial charge in [-0.15, -0.1) is 0 Å². The summed E-state index contributed by atoms with van der Waals surface area (Å²) < 4.78 is 0. The third-order valence-corrected chi connectivity index (χ3v) is 4.52. The molecule has 1 aliphatic heterocycles. The fourth-order valence-corrected chi connectivity index (χ4v) is 3.60. The fraction of sp³-hybridized carbons (Fsp3) is 0.714. The maximum Gasteiger partial charge on any atom is 0.267 e. The summed E-state index contributed by atoms with van der Waals surface area (Å²) in [6.45, 7) is 7.96. The molecule has 1 atom stereocenters. The summed E-state index contributed by atoms with van der Waals surface area (Å²) in [5.41, 5.74) is 5.89. The Morgan fingerprint density at radius 1 is 1.60 bits per heavy atom. The molecule has 1 aromatic rings. The number of hydrogen-bond acceptors (Lipinski definition) is 5. The van der Waals surface area contributed by atoms with Gasteiger partial charge in [0.25, 0.3) is 5.91 Å². The summed E-state index contributed by atoms with van der Waals surface area (Å²) in [5, 5.41) is 3.92. The highest BCUT2D eigenvalue weighted by Gasteiger charge is 2.29. The normalized spacial score (nSPS) is 18.8. The van der Waals surface area contributed by atoms with Crippen LogP contribution in [0.1, 0.15) is 49.7 Å². The summed E-state index contributed by atoms with van der Waals surface area (Å²) in [6.07, 6.45) is 3.48. The van der Waals surface area contributed by atoms with Crippen LogP contribution in [-0.4, -0.2) is 34.9 Å². The molecule has 1 aromatic heterocycles. The molecule has 1 unspecified atom stereocenters. The number of nitrogens with zero attached hydrogens (tertiary/aromatic N) is 2. The van der Waals surface area contributed by atoms with Crippen LogP contribution in [0.25, 0.3) is 0 Å². The van der Waals surface area contributed by atoms with E-state index in [4.69, 9.17) is 5.73 Å². The highest BCUT2D eigenvalue weighted by atomic mass is 32.1. The summed E-state index contributed by atoms with van der Waals surface area (Å²) in [4.78, 5) is 19.2. The van der Waals surface area contributed by atoms with E-state index in [-0.39, 0.29) is 11.9 Å². The Bertz CT molecular complexity index is 472. The fourth-order valence-electron chi connectivity index (χ4n) is 2.60. The number of nitrogens with two attached hydrogens (primary N) is 1. The van der Waals surface area contributed by atoms with Crippen LogP contribution in [-0.2, 0) is 0 Å². The van der Waals surface area contributed by atoms with E-state index in [1.807, 2.05) is 18.7 Å². The molecule has 0 aliphatic carbocycles. The third kappa shape index (κ3) is 3.42. The third-order valence-electron chi connectivity index (χ3n) is 3.53. The first kappa shape index (κ1) is 15.1. The number of thiazole rings is 1. The largest absolute Gasteiger partial charge is 0.382 e. The number of hydrogen-bond donors (Lipinski definition) is 2. The number of nitrogen functional groups attached to an aromatic ring is 1. The second-order valence-corrected chi connectivity index (χ2v) is 6.73. The Hall–Kier alpha value is -1.30. The lowest BCUT2D eigenvalue weighted by Crippen LogP contribution is -2.28.